The van der Waals surface area contributed by atoms with E-state index in [-0.39, 0.29) is 35.1 Å². The number of hydrogen-bond donors (Lipinski definition) is 2. The molecule has 0 aromatic rings. The summed E-state index contributed by atoms with van der Waals surface area (Å²) in [5, 5.41) is 14.2. The van der Waals surface area contributed by atoms with Gasteiger partial charge in [-0.05, 0) is 75.2 Å². The Kier molecular flexibility index (Phi) is 6.97. The summed E-state index contributed by atoms with van der Waals surface area (Å²) in [5.41, 5.74) is 0.542. The lowest BCUT2D eigenvalue weighted by Gasteiger charge is -2.62. The number of ether oxygens (including phenoxy) is 2. The highest BCUT2D eigenvalue weighted by Gasteiger charge is 2.62. The molecule has 0 amide bonds. The number of nitrogens with one attached hydrogen (secondary N) is 1. The van der Waals surface area contributed by atoms with Crippen molar-refractivity contribution in [2.45, 2.75) is 65.4 Å². The Bertz CT molecular complexity index is 691. The van der Waals surface area contributed by atoms with Gasteiger partial charge in [0.2, 0.25) is 0 Å². The molecule has 7 atom stereocenters. The summed E-state index contributed by atoms with van der Waals surface area (Å²) in [5.74, 6) is 0.249. The van der Waals surface area contributed by atoms with Crippen LogP contribution in [0.2, 0.25) is 0 Å². The zero-order valence-electron chi connectivity index (χ0n) is 19.2. The molecule has 3 aliphatic carbocycles. The molecule has 3 saturated carbocycles. The van der Waals surface area contributed by atoms with Crippen molar-refractivity contribution in [1.29, 1.82) is 0 Å². The van der Waals surface area contributed by atoms with Gasteiger partial charge in [0.25, 0.3) is 0 Å². The van der Waals surface area contributed by atoms with E-state index in [0.717, 1.165) is 37.7 Å². The molecule has 0 spiro atoms. The van der Waals surface area contributed by atoms with E-state index in [9.17, 15) is 14.7 Å². The van der Waals surface area contributed by atoms with Crippen LogP contribution in [0.15, 0.2) is 11.6 Å². The number of fused-ring (bicyclic) bond motifs is 3. The molecule has 170 valence electrons. The first-order chi connectivity index (χ1) is 14.2. The van der Waals surface area contributed by atoms with E-state index in [2.05, 4.69) is 19.2 Å². The lowest BCUT2D eigenvalue weighted by molar-refractivity contribution is -0.189. The zero-order chi connectivity index (χ0) is 22.1. The van der Waals surface area contributed by atoms with Crippen LogP contribution in [0.4, 0.5) is 0 Å². The summed E-state index contributed by atoms with van der Waals surface area (Å²) in [7, 11) is 3.29. The van der Waals surface area contributed by atoms with Crippen LogP contribution in [0, 0.1) is 34.5 Å². The number of methoxy groups -OCH3 is 1. The third-order valence-electron chi connectivity index (χ3n) is 8.67. The van der Waals surface area contributed by atoms with E-state index in [0.29, 0.717) is 25.5 Å². The molecule has 0 bridgehead atoms. The third kappa shape index (κ3) is 3.93. The Hall–Kier alpha value is -1.40. The second-order valence-corrected chi connectivity index (χ2v) is 10.1. The summed E-state index contributed by atoms with van der Waals surface area (Å²) < 4.78 is 10.5. The van der Waals surface area contributed by atoms with Crippen molar-refractivity contribution >= 4 is 11.9 Å². The molecule has 6 heteroatoms. The highest BCUT2D eigenvalue weighted by Crippen LogP contribution is 2.65. The second-order valence-electron chi connectivity index (χ2n) is 10.1. The maximum absolute atomic E-state index is 12.7. The van der Waals surface area contributed by atoms with Crippen molar-refractivity contribution in [3.63, 3.8) is 0 Å². The number of esters is 2. The predicted molar refractivity (Wildman–Crippen MR) is 115 cm³/mol. The first kappa shape index (κ1) is 23.3. The largest absolute Gasteiger partial charge is 0.469 e. The van der Waals surface area contributed by atoms with Gasteiger partial charge in [-0.3, -0.25) is 4.79 Å². The highest BCUT2D eigenvalue weighted by atomic mass is 16.5. The van der Waals surface area contributed by atoms with Crippen LogP contribution in [0.25, 0.3) is 0 Å². The van der Waals surface area contributed by atoms with Crippen LogP contribution >= 0.6 is 0 Å². The first-order valence-electron chi connectivity index (χ1n) is 11.5. The number of likely N-dealkylation sites (N-methyl/N-ethyl adjacent to an activating group) is 1. The fourth-order valence-corrected chi connectivity index (χ4v) is 7.12. The number of aliphatic hydroxyl groups is 1. The van der Waals surface area contributed by atoms with E-state index in [1.54, 1.807) is 6.08 Å². The first-order valence-corrected chi connectivity index (χ1v) is 11.5. The molecule has 6 nitrogen and oxygen atoms in total. The summed E-state index contributed by atoms with van der Waals surface area (Å²) >= 11 is 0. The Morgan fingerprint density at radius 2 is 2.03 bits per heavy atom. The Labute approximate surface area is 180 Å². The topological polar surface area (TPSA) is 84.9 Å². The number of carbonyl (C=O) groups is 2. The SMILES string of the molecule is CNCCOC(=O)/C=C1\CC[C@H]2[C@H]([C@@H](O)C[C@@H]3[C@]2(C)CCC[C@]3(C)C(=O)OC)[C@H]1C. The lowest BCUT2D eigenvalue weighted by atomic mass is 9.42. The number of rotatable bonds is 5. The van der Waals surface area contributed by atoms with E-state index in [1.165, 1.54) is 7.11 Å². The highest BCUT2D eigenvalue weighted by molar-refractivity contribution is 5.83. The second kappa shape index (κ2) is 8.99. The fraction of sp³-hybridized carbons (Fsp3) is 0.833. The van der Waals surface area contributed by atoms with Gasteiger partial charge in [-0.1, -0.05) is 25.8 Å². The summed E-state index contributed by atoms with van der Waals surface area (Å²) in [6.07, 6.45) is 6.48. The van der Waals surface area contributed by atoms with E-state index in [4.69, 9.17) is 9.47 Å². The van der Waals surface area contributed by atoms with Gasteiger partial charge in [0.1, 0.15) is 6.61 Å². The zero-order valence-corrected chi connectivity index (χ0v) is 19.2. The van der Waals surface area contributed by atoms with Crippen LogP contribution in [-0.4, -0.2) is 50.5 Å². The monoisotopic (exact) mass is 421 g/mol. The molecule has 0 aliphatic heterocycles. The van der Waals surface area contributed by atoms with Crippen LogP contribution < -0.4 is 5.32 Å². The van der Waals surface area contributed by atoms with Gasteiger partial charge in [0.05, 0.1) is 18.6 Å². The molecule has 0 unspecified atom stereocenters. The molecule has 0 aromatic carbocycles. The van der Waals surface area contributed by atoms with Crippen molar-refractivity contribution < 1.29 is 24.2 Å². The molecule has 3 fully saturated rings. The third-order valence-corrected chi connectivity index (χ3v) is 8.67. The molecule has 0 aromatic heterocycles. The van der Waals surface area contributed by atoms with Crippen molar-refractivity contribution in [2.75, 3.05) is 27.3 Å². The molecule has 3 rings (SSSR count). The van der Waals surface area contributed by atoms with E-state index in [1.807, 2.05) is 14.0 Å². The van der Waals surface area contributed by atoms with Crippen LogP contribution in [0.5, 0.6) is 0 Å². The number of aliphatic hydroxyl groups excluding tert-OH is 1. The molecule has 0 radical (unpaired) electrons. The van der Waals surface area contributed by atoms with Gasteiger partial charge in [-0.15, -0.1) is 0 Å². The predicted octanol–water partition coefficient (Wildman–Crippen LogP) is 3.09. The van der Waals surface area contributed by atoms with Crippen molar-refractivity contribution in [3.8, 4) is 0 Å². The van der Waals surface area contributed by atoms with E-state index >= 15 is 0 Å². The average Bonchev–Trinajstić information content (AvgIpc) is 2.71. The maximum Gasteiger partial charge on any atom is 0.330 e. The molecular formula is C24H39NO5. The summed E-state index contributed by atoms with van der Waals surface area (Å²) in [6, 6.07) is 0. The summed E-state index contributed by atoms with van der Waals surface area (Å²) in [6.45, 7) is 7.49. The molecule has 0 saturated heterocycles. The number of hydrogen-bond acceptors (Lipinski definition) is 6. The lowest BCUT2D eigenvalue weighted by Crippen LogP contribution is -2.60. The Morgan fingerprint density at radius 3 is 2.70 bits per heavy atom. The molecular weight excluding hydrogens is 382 g/mol. The van der Waals surface area contributed by atoms with Crippen molar-refractivity contribution in [2.24, 2.45) is 34.5 Å². The van der Waals surface area contributed by atoms with Crippen LogP contribution in [-0.2, 0) is 19.1 Å². The van der Waals surface area contributed by atoms with Crippen LogP contribution in [0.1, 0.15) is 59.3 Å². The average molecular weight is 422 g/mol. The smallest absolute Gasteiger partial charge is 0.330 e. The molecule has 0 heterocycles. The van der Waals surface area contributed by atoms with Gasteiger partial charge < -0.3 is 19.9 Å². The number of carbonyl (C=O) groups excluding carboxylic acids is 2. The maximum atomic E-state index is 12.7. The minimum absolute atomic E-state index is 0.00180. The van der Waals surface area contributed by atoms with Crippen molar-refractivity contribution in [3.05, 3.63) is 11.6 Å². The number of allylic oxidation sites excluding steroid dienone is 1. The van der Waals surface area contributed by atoms with Crippen LogP contribution in [0.3, 0.4) is 0 Å². The molecule has 2 N–H and O–H groups in total. The van der Waals surface area contributed by atoms with Gasteiger partial charge in [0.15, 0.2) is 0 Å². The minimum atomic E-state index is -0.538. The van der Waals surface area contributed by atoms with Gasteiger partial charge in [0, 0.05) is 12.6 Å². The molecule has 30 heavy (non-hydrogen) atoms. The van der Waals surface area contributed by atoms with Gasteiger partial charge in [-0.25, -0.2) is 4.79 Å². The standard InChI is InChI=1S/C24H39NO5/c1-15-16(13-20(27)30-12-11-25-4)7-8-17-21(15)18(26)14-19-23(17,2)9-6-10-24(19,3)22(28)29-5/h13,15,17-19,21,25-26H,6-12,14H2,1-5H3/b16-13+/t15-,17-,18-,19+,21+,23+,24-/m0/s1. The minimum Gasteiger partial charge on any atom is -0.469 e. The van der Waals surface area contributed by atoms with Gasteiger partial charge >= 0.3 is 11.9 Å². The van der Waals surface area contributed by atoms with Gasteiger partial charge in [-0.2, -0.15) is 0 Å². The Morgan fingerprint density at radius 1 is 1.30 bits per heavy atom. The quantitative estimate of drug-likeness (QED) is 0.403. The van der Waals surface area contributed by atoms with Crippen molar-refractivity contribution in [1.82, 2.24) is 5.32 Å². The summed E-state index contributed by atoms with van der Waals surface area (Å²) in [4.78, 5) is 24.9. The Balaban J connectivity index is 1.83. The fourth-order valence-electron chi connectivity index (χ4n) is 7.12. The normalized spacial score (nSPS) is 42.2. The van der Waals surface area contributed by atoms with E-state index < -0.39 is 11.5 Å². The molecule has 3 aliphatic rings.